The molecule has 0 aliphatic carbocycles. The first-order valence-corrected chi connectivity index (χ1v) is 5.60. The average Bonchev–Trinajstić information content (AvgIpc) is 2.04. The van der Waals surface area contributed by atoms with E-state index in [2.05, 4.69) is 31.8 Å². The van der Waals surface area contributed by atoms with Crippen molar-refractivity contribution in [2.24, 2.45) is 0 Å². The first-order chi connectivity index (χ1) is 6.08. The van der Waals surface area contributed by atoms with Crippen LogP contribution in [0.5, 0.6) is 0 Å². The van der Waals surface area contributed by atoms with Crippen molar-refractivity contribution in [1.29, 1.82) is 0 Å². The predicted octanol–water partition coefficient (Wildman–Crippen LogP) is 3.16. The van der Waals surface area contributed by atoms with Crippen molar-refractivity contribution in [2.75, 3.05) is 5.75 Å². The largest absolute Gasteiger partial charge is 0.261 e. The van der Waals surface area contributed by atoms with Crippen LogP contribution >= 0.6 is 11.8 Å². The summed E-state index contributed by atoms with van der Waals surface area (Å²) in [5.74, 6) is 1.15. The highest BCUT2D eigenvalue weighted by molar-refractivity contribution is 8.00. The molecule has 0 aromatic carbocycles. The zero-order chi connectivity index (χ0) is 9.73. The van der Waals surface area contributed by atoms with Gasteiger partial charge in [-0.2, -0.15) is 11.8 Å². The molecule has 0 unspecified atom stereocenters. The van der Waals surface area contributed by atoms with Gasteiger partial charge in [0.15, 0.2) is 0 Å². The summed E-state index contributed by atoms with van der Waals surface area (Å²) in [7, 11) is 0. The molecule has 0 saturated heterocycles. The van der Waals surface area contributed by atoms with Crippen LogP contribution < -0.4 is 0 Å². The lowest BCUT2D eigenvalue weighted by Crippen LogP contribution is -2.09. The molecule has 0 atom stereocenters. The van der Waals surface area contributed by atoms with Gasteiger partial charge in [0, 0.05) is 16.6 Å². The van der Waals surface area contributed by atoms with Gasteiger partial charge in [-0.3, -0.25) is 4.98 Å². The Morgan fingerprint density at radius 3 is 2.62 bits per heavy atom. The summed E-state index contributed by atoms with van der Waals surface area (Å²) in [4.78, 5) is 4.28. The minimum atomic E-state index is 0.370. The number of rotatable bonds is 3. The molecule has 0 N–H and O–H groups in total. The Kier molecular flexibility index (Phi) is 3.79. The van der Waals surface area contributed by atoms with E-state index < -0.39 is 0 Å². The molecule has 0 spiro atoms. The molecule has 0 saturated carbocycles. The minimum absolute atomic E-state index is 0.370. The van der Waals surface area contributed by atoms with Gasteiger partial charge in [-0.1, -0.05) is 26.8 Å². The highest BCUT2D eigenvalue weighted by atomic mass is 32.2. The second-order valence-corrected chi connectivity index (χ2v) is 5.95. The van der Waals surface area contributed by atoms with E-state index in [1.165, 1.54) is 5.69 Å². The lowest BCUT2D eigenvalue weighted by Gasteiger charge is -2.16. The lowest BCUT2D eigenvalue weighted by molar-refractivity contribution is 0.801. The van der Waals surface area contributed by atoms with Crippen molar-refractivity contribution in [2.45, 2.75) is 31.9 Å². The molecule has 0 radical (unpaired) electrons. The second-order valence-electron chi connectivity index (χ2n) is 4.03. The molecule has 1 aromatic heterocycles. The number of hydrogen-bond donors (Lipinski definition) is 0. The molecule has 1 nitrogen and oxygen atoms in total. The minimum Gasteiger partial charge on any atom is -0.261 e. The number of hydrogen-bond acceptors (Lipinski definition) is 2. The monoisotopic (exact) mass is 195 g/mol. The maximum atomic E-state index is 4.28. The van der Waals surface area contributed by atoms with Crippen LogP contribution in [-0.4, -0.2) is 15.5 Å². The average molecular weight is 195 g/mol. The number of pyridine rings is 1. The molecule has 0 bridgehead atoms. The van der Waals surface area contributed by atoms with Crippen molar-refractivity contribution in [3.63, 3.8) is 0 Å². The molecular weight excluding hydrogens is 178 g/mol. The third kappa shape index (κ3) is 4.94. The maximum Gasteiger partial charge on any atom is 0.0411 e. The Hall–Kier alpha value is -0.500. The Bertz CT molecular complexity index is 238. The molecule has 0 aliphatic heterocycles. The molecule has 0 amide bonds. The molecular formula is C11H17NS. The van der Waals surface area contributed by atoms with E-state index >= 15 is 0 Å². The van der Waals surface area contributed by atoms with Crippen molar-refractivity contribution in [3.8, 4) is 0 Å². The number of thioether (sulfide) groups is 1. The Morgan fingerprint density at radius 2 is 2.08 bits per heavy atom. The van der Waals surface area contributed by atoms with Gasteiger partial charge in [-0.25, -0.2) is 0 Å². The van der Waals surface area contributed by atoms with Gasteiger partial charge < -0.3 is 0 Å². The highest BCUT2D eigenvalue weighted by Crippen LogP contribution is 2.23. The van der Waals surface area contributed by atoms with Crippen molar-refractivity contribution in [3.05, 3.63) is 30.1 Å². The Morgan fingerprint density at radius 1 is 1.31 bits per heavy atom. The van der Waals surface area contributed by atoms with Crippen LogP contribution in [0.4, 0.5) is 0 Å². The second kappa shape index (κ2) is 4.66. The van der Waals surface area contributed by atoms with Crippen LogP contribution in [0, 0.1) is 0 Å². The van der Waals surface area contributed by atoms with Gasteiger partial charge in [0.1, 0.15) is 0 Å². The van der Waals surface area contributed by atoms with E-state index in [4.69, 9.17) is 0 Å². The van der Waals surface area contributed by atoms with Gasteiger partial charge in [0.25, 0.3) is 0 Å². The first-order valence-electron chi connectivity index (χ1n) is 4.62. The van der Waals surface area contributed by atoms with E-state index in [-0.39, 0.29) is 0 Å². The zero-order valence-electron chi connectivity index (χ0n) is 8.58. The van der Waals surface area contributed by atoms with E-state index in [0.29, 0.717) is 4.75 Å². The van der Waals surface area contributed by atoms with Crippen LogP contribution in [0.15, 0.2) is 24.4 Å². The predicted molar refractivity (Wildman–Crippen MR) is 60.2 cm³/mol. The summed E-state index contributed by atoms with van der Waals surface area (Å²) in [6.07, 6.45) is 2.93. The van der Waals surface area contributed by atoms with Gasteiger partial charge in [0.05, 0.1) is 0 Å². The van der Waals surface area contributed by atoms with Gasteiger partial charge in [0.2, 0.25) is 0 Å². The third-order valence-electron chi connectivity index (χ3n) is 1.62. The smallest absolute Gasteiger partial charge is 0.0411 e. The summed E-state index contributed by atoms with van der Waals surface area (Å²) in [6, 6.07) is 6.09. The summed E-state index contributed by atoms with van der Waals surface area (Å²) in [6.45, 7) is 6.74. The fourth-order valence-electron chi connectivity index (χ4n) is 1.01. The van der Waals surface area contributed by atoms with Crippen molar-refractivity contribution in [1.82, 2.24) is 4.98 Å². The fourth-order valence-corrected chi connectivity index (χ4v) is 1.93. The molecule has 1 rings (SSSR count). The van der Waals surface area contributed by atoms with E-state index in [1.807, 2.05) is 30.1 Å². The summed E-state index contributed by atoms with van der Waals surface area (Å²) in [5, 5.41) is 0. The molecule has 1 aromatic rings. The number of aryl methyl sites for hydroxylation is 1. The maximum absolute atomic E-state index is 4.28. The van der Waals surface area contributed by atoms with Crippen LogP contribution in [0.1, 0.15) is 26.5 Å². The SMILES string of the molecule is CC(C)(C)SCCc1ccccn1. The van der Waals surface area contributed by atoms with Crippen LogP contribution in [-0.2, 0) is 6.42 Å². The first kappa shape index (κ1) is 10.6. The molecule has 0 aliphatic rings. The van der Waals surface area contributed by atoms with Gasteiger partial charge in [-0.05, 0) is 24.3 Å². The molecule has 2 heteroatoms. The summed E-state index contributed by atoms with van der Waals surface area (Å²) in [5.41, 5.74) is 1.19. The standard InChI is InChI=1S/C11H17NS/c1-11(2,3)13-9-7-10-6-4-5-8-12-10/h4-6,8H,7,9H2,1-3H3. The summed E-state index contributed by atoms with van der Waals surface area (Å²) < 4.78 is 0.370. The number of nitrogens with zero attached hydrogens (tertiary/aromatic N) is 1. The zero-order valence-corrected chi connectivity index (χ0v) is 9.40. The molecule has 0 fully saturated rings. The summed E-state index contributed by atoms with van der Waals surface area (Å²) >= 11 is 1.99. The molecule has 13 heavy (non-hydrogen) atoms. The quantitative estimate of drug-likeness (QED) is 0.735. The van der Waals surface area contributed by atoms with Crippen LogP contribution in [0.3, 0.4) is 0 Å². The van der Waals surface area contributed by atoms with Crippen molar-refractivity contribution < 1.29 is 0 Å². The lowest BCUT2D eigenvalue weighted by atomic mass is 10.3. The Balaban J connectivity index is 2.29. The molecule has 72 valence electrons. The number of aromatic nitrogens is 1. The van der Waals surface area contributed by atoms with E-state index in [0.717, 1.165) is 12.2 Å². The van der Waals surface area contributed by atoms with Crippen molar-refractivity contribution >= 4 is 11.8 Å². The van der Waals surface area contributed by atoms with Gasteiger partial charge in [-0.15, -0.1) is 0 Å². The topological polar surface area (TPSA) is 12.9 Å². The molecule has 1 heterocycles. The highest BCUT2D eigenvalue weighted by Gasteiger charge is 2.09. The normalized spacial score (nSPS) is 11.6. The van der Waals surface area contributed by atoms with Crippen LogP contribution in [0.2, 0.25) is 0 Å². The van der Waals surface area contributed by atoms with E-state index in [9.17, 15) is 0 Å². The third-order valence-corrected chi connectivity index (χ3v) is 2.89. The Labute approximate surface area is 85.0 Å². The van der Waals surface area contributed by atoms with Crippen LogP contribution in [0.25, 0.3) is 0 Å². The van der Waals surface area contributed by atoms with Gasteiger partial charge >= 0.3 is 0 Å². The fraction of sp³-hybridized carbons (Fsp3) is 0.545. The van der Waals surface area contributed by atoms with E-state index in [1.54, 1.807) is 0 Å².